The van der Waals surface area contributed by atoms with Crippen LogP contribution >= 0.6 is 0 Å². The number of nitrogens with zero attached hydrogens (tertiary/aromatic N) is 6. The summed E-state index contributed by atoms with van der Waals surface area (Å²) < 4.78 is 10.3. The molecule has 0 radical (unpaired) electrons. The Hall–Kier alpha value is -4.78. The monoisotopic (exact) mass is 487 g/mol. The number of hydrogen-bond donors (Lipinski definition) is 0. The molecule has 0 amide bonds. The number of aromatic nitrogens is 3. The molecule has 0 saturated carbocycles. The number of pyridine rings is 1. The largest absolute Gasteiger partial charge is 0.455 e. The van der Waals surface area contributed by atoms with Crippen molar-refractivity contribution in [2.75, 3.05) is 18.0 Å². The average molecular weight is 488 g/mol. The second-order valence-electron chi connectivity index (χ2n) is 8.83. The van der Waals surface area contributed by atoms with Crippen LogP contribution in [0.1, 0.15) is 12.8 Å². The van der Waals surface area contributed by atoms with Crippen molar-refractivity contribution in [3.63, 3.8) is 0 Å². The van der Waals surface area contributed by atoms with Gasteiger partial charge in [-0.1, -0.05) is 59.7 Å². The molecule has 1 fully saturated rings. The predicted molar refractivity (Wildman–Crippen MR) is 144 cm³/mol. The first-order valence-corrected chi connectivity index (χ1v) is 12.5. The Morgan fingerprint density at radius 2 is 1.46 bits per heavy atom. The molecular formula is C30H27N6O+. The Bertz CT molecular complexity index is 1440. The fraction of sp³-hybridized carbons (Fsp3) is 0.133. The zero-order chi connectivity index (χ0) is 24.9. The van der Waals surface area contributed by atoms with E-state index in [4.69, 9.17) is 14.8 Å². The molecule has 6 rings (SSSR count). The molecule has 1 aliphatic rings. The summed E-state index contributed by atoms with van der Waals surface area (Å²) in [7, 11) is 0. The Morgan fingerprint density at radius 1 is 0.784 bits per heavy atom. The third kappa shape index (κ3) is 4.97. The summed E-state index contributed by atoms with van der Waals surface area (Å²) in [5.74, 6) is 2.92. The quantitative estimate of drug-likeness (QED) is 0.184. The van der Waals surface area contributed by atoms with Crippen LogP contribution in [-0.2, 0) is 0 Å². The van der Waals surface area contributed by atoms with E-state index in [-0.39, 0.29) is 0 Å². The van der Waals surface area contributed by atoms with Crippen molar-refractivity contribution in [1.82, 2.24) is 9.55 Å². The van der Waals surface area contributed by atoms with Crippen molar-refractivity contribution < 1.29 is 9.30 Å². The van der Waals surface area contributed by atoms with Crippen LogP contribution in [0.4, 0.5) is 17.5 Å². The number of ether oxygens (including phenoxy) is 1. The number of anilines is 1. The van der Waals surface area contributed by atoms with E-state index in [0.717, 1.165) is 36.0 Å². The van der Waals surface area contributed by atoms with Crippen LogP contribution in [0.15, 0.2) is 126 Å². The van der Waals surface area contributed by atoms with E-state index in [9.17, 15) is 0 Å². The van der Waals surface area contributed by atoms with Crippen molar-refractivity contribution in [2.24, 2.45) is 10.2 Å². The molecule has 7 heteroatoms. The van der Waals surface area contributed by atoms with Gasteiger partial charge in [0.1, 0.15) is 35.3 Å². The lowest BCUT2D eigenvalue weighted by molar-refractivity contribution is -0.581. The highest BCUT2D eigenvalue weighted by Crippen LogP contribution is 2.35. The zero-order valence-corrected chi connectivity index (χ0v) is 20.4. The maximum Gasteiger partial charge on any atom is 0.431 e. The van der Waals surface area contributed by atoms with Gasteiger partial charge in [0.15, 0.2) is 11.4 Å². The fourth-order valence-corrected chi connectivity index (χ4v) is 4.47. The number of benzene rings is 3. The van der Waals surface area contributed by atoms with Gasteiger partial charge in [0.25, 0.3) is 0 Å². The minimum absolute atomic E-state index is 0.562. The van der Waals surface area contributed by atoms with Gasteiger partial charge in [-0.05, 0) is 49.2 Å². The van der Waals surface area contributed by atoms with Gasteiger partial charge >= 0.3 is 5.95 Å². The average Bonchev–Trinajstić information content (AvgIpc) is 3.65. The summed E-state index contributed by atoms with van der Waals surface area (Å²) >= 11 is 0. The molecule has 0 unspecified atom stereocenters. The van der Waals surface area contributed by atoms with Gasteiger partial charge in [0.2, 0.25) is 0 Å². The fourth-order valence-electron chi connectivity index (χ4n) is 4.47. The smallest absolute Gasteiger partial charge is 0.431 e. The topological polar surface area (TPSA) is 58.9 Å². The summed E-state index contributed by atoms with van der Waals surface area (Å²) in [6.45, 7) is 2.00. The molecular weight excluding hydrogens is 460 g/mol. The third-order valence-corrected chi connectivity index (χ3v) is 6.34. The van der Waals surface area contributed by atoms with E-state index in [1.807, 2.05) is 119 Å². The summed E-state index contributed by atoms with van der Waals surface area (Å²) in [6.07, 6.45) is 8.08. The summed E-state index contributed by atoms with van der Waals surface area (Å²) in [5.41, 5.74) is 2.55. The molecule has 2 aromatic heterocycles. The van der Waals surface area contributed by atoms with Gasteiger partial charge < -0.3 is 9.64 Å². The van der Waals surface area contributed by atoms with E-state index < -0.39 is 0 Å². The predicted octanol–water partition coefficient (Wildman–Crippen LogP) is 6.96. The molecule has 0 atom stereocenters. The standard InChI is InChI=1S/C30H27N6O/c1-4-12-24(13-5-1)35-20-21-36(25-14-6-2-7-15-25)30(35)33-32-27-23-31-29(34-18-10-11-19-34)22-28(27)37-26-16-8-3-9-17-26/h1-9,12-17,20-23H,10-11,18-19H2/q+1. The van der Waals surface area contributed by atoms with Crippen molar-refractivity contribution in [3.05, 3.63) is 116 Å². The molecule has 0 spiro atoms. The lowest BCUT2D eigenvalue weighted by Crippen LogP contribution is -2.28. The number of rotatable bonds is 7. The summed E-state index contributed by atoms with van der Waals surface area (Å²) in [5, 5.41) is 9.40. The molecule has 3 heterocycles. The SMILES string of the molecule is c1ccc(Oc2cc(N3CCCC3)ncc2N=Nc2n(-c3ccccc3)cc[n+]2-c2ccccc2)cc1. The number of azo groups is 1. The van der Waals surface area contributed by atoms with Crippen LogP contribution in [0.25, 0.3) is 11.4 Å². The van der Waals surface area contributed by atoms with E-state index in [2.05, 4.69) is 10.0 Å². The van der Waals surface area contributed by atoms with Gasteiger partial charge in [0, 0.05) is 24.3 Å². The molecule has 182 valence electrons. The van der Waals surface area contributed by atoms with Crippen LogP contribution in [-0.4, -0.2) is 22.6 Å². The molecule has 0 N–H and O–H groups in total. The first-order chi connectivity index (χ1) is 18.3. The summed E-state index contributed by atoms with van der Waals surface area (Å²) in [4.78, 5) is 6.98. The van der Waals surface area contributed by atoms with Gasteiger partial charge in [-0.25, -0.2) is 4.98 Å². The van der Waals surface area contributed by atoms with Gasteiger partial charge in [0.05, 0.1) is 6.20 Å². The maximum absolute atomic E-state index is 6.28. The third-order valence-electron chi connectivity index (χ3n) is 6.34. The highest BCUT2D eigenvalue weighted by molar-refractivity contribution is 5.58. The highest BCUT2D eigenvalue weighted by Gasteiger charge is 2.22. The second kappa shape index (κ2) is 10.5. The van der Waals surface area contributed by atoms with Crippen LogP contribution < -0.4 is 14.2 Å². The van der Waals surface area contributed by atoms with E-state index >= 15 is 0 Å². The van der Waals surface area contributed by atoms with Crippen molar-refractivity contribution in [1.29, 1.82) is 0 Å². The molecule has 5 aromatic rings. The molecule has 1 aliphatic heterocycles. The number of imidazole rings is 1. The van der Waals surface area contributed by atoms with Crippen LogP contribution in [0, 0.1) is 0 Å². The van der Waals surface area contributed by atoms with E-state index in [1.54, 1.807) is 6.20 Å². The minimum atomic E-state index is 0.562. The lowest BCUT2D eigenvalue weighted by atomic mass is 10.3. The Morgan fingerprint density at radius 3 is 2.19 bits per heavy atom. The van der Waals surface area contributed by atoms with Crippen molar-refractivity contribution in [2.45, 2.75) is 12.8 Å². The zero-order valence-electron chi connectivity index (χ0n) is 20.4. The molecule has 3 aromatic carbocycles. The minimum Gasteiger partial charge on any atom is -0.455 e. The lowest BCUT2D eigenvalue weighted by Gasteiger charge is -2.17. The van der Waals surface area contributed by atoms with Crippen LogP contribution in [0.5, 0.6) is 11.5 Å². The first kappa shape index (κ1) is 22.7. The Labute approximate surface area is 216 Å². The van der Waals surface area contributed by atoms with Gasteiger partial charge in [-0.15, -0.1) is 0 Å². The maximum atomic E-state index is 6.28. The van der Waals surface area contributed by atoms with E-state index in [0.29, 0.717) is 17.4 Å². The van der Waals surface area contributed by atoms with Crippen molar-refractivity contribution in [3.8, 4) is 22.9 Å². The molecule has 0 bridgehead atoms. The first-order valence-electron chi connectivity index (χ1n) is 12.5. The second-order valence-corrected chi connectivity index (χ2v) is 8.83. The summed E-state index contributed by atoms with van der Waals surface area (Å²) in [6, 6.07) is 31.9. The molecule has 7 nitrogen and oxygen atoms in total. The molecule has 37 heavy (non-hydrogen) atoms. The van der Waals surface area contributed by atoms with Crippen molar-refractivity contribution >= 4 is 17.5 Å². The number of hydrogen-bond acceptors (Lipinski definition) is 5. The normalized spacial score (nSPS) is 13.4. The van der Waals surface area contributed by atoms with Gasteiger partial charge in [-0.3, -0.25) is 0 Å². The van der Waals surface area contributed by atoms with Crippen LogP contribution in [0.3, 0.4) is 0 Å². The highest BCUT2D eigenvalue weighted by atomic mass is 16.5. The molecule has 0 aliphatic carbocycles. The van der Waals surface area contributed by atoms with Gasteiger partial charge in [-0.2, -0.15) is 9.13 Å². The Kier molecular flexibility index (Phi) is 6.41. The van der Waals surface area contributed by atoms with E-state index in [1.165, 1.54) is 12.8 Å². The molecule has 1 saturated heterocycles. The van der Waals surface area contributed by atoms with Crippen LogP contribution in [0.2, 0.25) is 0 Å². The Balaban J connectivity index is 1.42. The number of para-hydroxylation sites is 3.